The Labute approximate surface area is 125 Å². The zero-order valence-electron chi connectivity index (χ0n) is 12.1. The van der Waals surface area contributed by atoms with E-state index in [9.17, 15) is 0 Å². The van der Waals surface area contributed by atoms with E-state index in [1.807, 2.05) is 24.2 Å². The number of nitrogens with one attached hydrogen (secondary N) is 1. The summed E-state index contributed by atoms with van der Waals surface area (Å²) >= 11 is 1.87. The highest BCUT2D eigenvalue weighted by molar-refractivity contribution is 7.97. The van der Waals surface area contributed by atoms with Gasteiger partial charge in [-0.05, 0) is 18.9 Å². The Morgan fingerprint density at radius 3 is 2.75 bits per heavy atom. The van der Waals surface area contributed by atoms with Crippen molar-refractivity contribution in [3.8, 4) is 0 Å². The molecule has 1 aromatic heterocycles. The molecule has 2 aromatic rings. The molecule has 0 radical (unpaired) electrons. The maximum Gasteiger partial charge on any atom is 0.144 e. The summed E-state index contributed by atoms with van der Waals surface area (Å²) in [5, 5.41) is 3.23. The maximum absolute atomic E-state index is 4.43. The van der Waals surface area contributed by atoms with Crippen molar-refractivity contribution in [1.29, 1.82) is 0 Å². The Morgan fingerprint density at radius 2 is 2.05 bits per heavy atom. The lowest BCUT2D eigenvalue weighted by molar-refractivity contribution is 0.960. The fourth-order valence-electron chi connectivity index (χ4n) is 1.85. The van der Waals surface area contributed by atoms with E-state index in [0.29, 0.717) is 0 Å². The molecule has 0 fully saturated rings. The van der Waals surface area contributed by atoms with Gasteiger partial charge in [-0.2, -0.15) is 11.8 Å². The van der Waals surface area contributed by atoms with Crippen LogP contribution in [0.1, 0.15) is 30.2 Å². The molecule has 0 saturated carbocycles. The van der Waals surface area contributed by atoms with Crippen LogP contribution in [0, 0.1) is 6.92 Å². The van der Waals surface area contributed by atoms with E-state index < -0.39 is 0 Å². The van der Waals surface area contributed by atoms with E-state index in [2.05, 4.69) is 53.4 Å². The molecule has 0 atom stereocenters. The van der Waals surface area contributed by atoms with Crippen LogP contribution in [0.25, 0.3) is 0 Å². The molecule has 0 bridgehead atoms. The number of thioether (sulfide) groups is 1. The van der Waals surface area contributed by atoms with Crippen LogP contribution >= 0.6 is 11.8 Å². The number of benzene rings is 1. The van der Waals surface area contributed by atoms with Crippen molar-refractivity contribution >= 4 is 17.6 Å². The van der Waals surface area contributed by atoms with E-state index in [-0.39, 0.29) is 0 Å². The van der Waals surface area contributed by atoms with Crippen molar-refractivity contribution in [1.82, 2.24) is 9.97 Å². The predicted octanol–water partition coefficient (Wildman–Crippen LogP) is 4.04. The van der Waals surface area contributed by atoms with Gasteiger partial charge in [-0.15, -0.1) is 0 Å². The third-order valence-corrected chi connectivity index (χ3v) is 3.90. The van der Waals surface area contributed by atoms with Crippen molar-refractivity contribution in [2.24, 2.45) is 0 Å². The minimum atomic E-state index is 0.860. The molecule has 0 unspecified atom stereocenters. The van der Waals surface area contributed by atoms with Crippen LogP contribution < -0.4 is 5.32 Å². The molecule has 2 rings (SSSR count). The predicted molar refractivity (Wildman–Crippen MR) is 87.0 cm³/mol. The molecule has 1 aromatic carbocycles. The van der Waals surface area contributed by atoms with Gasteiger partial charge < -0.3 is 5.32 Å². The highest BCUT2D eigenvalue weighted by atomic mass is 32.2. The normalized spacial score (nSPS) is 10.5. The van der Waals surface area contributed by atoms with Crippen LogP contribution in [0.15, 0.2) is 36.7 Å². The number of aromatic nitrogens is 2. The van der Waals surface area contributed by atoms with Crippen molar-refractivity contribution in [3.63, 3.8) is 0 Å². The quantitative estimate of drug-likeness (QED) is 0.834. The molecule has 0 aliphatic rings. The number of hydrogen-bond donors (Lipinski definition) is 1. The zero-order chi connectivity index (χ0) is 14.2. The molecule has 4 heteroatoms. The molecular weight excluding hydrogens is 266 g/mol. The summed E-state index contributed by atoms with van der Waals surface area (Å²) in [5.41, 5.74) is 3.71. The van der Waals surface area contributed by atoms with Gasteiger partial charge in [0.15, 0.2) is 0 Å². The summed E-state index contributed by atoms with van der Waals surface area (Å²) in [5.74, 6) is 2.77. The molecule has 1 N–H and O–H groups in total. The molecule has 3 nitrogen and oxygen atoms in total. The minimum Gasteiger partial charge on any atom is -0.369 e. The van der Waals surface area contributed by atoms with Gasteiger partial charge in [0.2, 0.25) is 0 Å². The number of anilines is 1. The lowest BCUT2D eigenvalue weighted by Crippen LogP contribution is -2.02. The van der Waals surface area contributed by atoms with Crippen molar-refractivity contribution in [2.45, 2.75) is 31.8 Å². The summed E-state index contributed by atoms with van der Waals surface area (Å²) < 4.78 is 0. The van der Waals surface area contributed by atoms with Gasteiger partial charge in [0.05, 0.1) is 18.1 Å². The van der Waals surface area contributed by atoms with Crippen molar-refractivity contribution < 1.29 is 0 Å². The largest absolute Gasteiger partial charge is 0.369 e. The topological polar surface area (TPSA) is 37.8 Å². The second kappa shape index (κ2) is 7.90. The average molecular weight is 287 g/mol. The van der Waals surface area contributed by atoms with Crippen LogP contribution in [0.3, 0.4) is 0 Å². The summed E-state index contributed by atoms with van der Waals surface area (Å²) in [6.45, 7) is 5.20. The summed E-state index contributed by atoms with van der Waals surface area (Å²) in [7, 11) is 0. The highest BCUT2D eigenvalue weighted by Crippen LogP contribution is 2.17. The van der Waals surface area contributed by atoms with Crippen LogP contribution in [0.4, 0.5) is 5.82 Å². The molecular formula is C16H21N3S. The van der Waals surface area contributed by atoms with Gasteiger partial charge in [0, 0.05) is 18.1 Å². The minimum absolute atomic E-state index is 0.860. The molecule has 0 saturated heterocycles. The van der Waals surface area contributed by atoms with Crippen molar-refractivity contribution in [2.75, 3.05) is 11.9 Å². The second-order valence-electron chi connectivity index (χ2n) is 4.80. The molecule has 0 amide bonds. The fraction of sp³-hybridized carbons (Fsp3) is 0.375. The van der Waals surface area contributed by atoms with Gasteiger partial charge in [-0.1, -0.05) is 36.8 Å². The Kier molecular flexibility index (Phi) is 5.87. The number of aryl methyl sites for hydroxylation is 1. The molecule has 0 spiro atoms. The van der Waals surface area contributed by atoms with Crippen LogP contribution in [-0.2, 0) is 11.5 Å². The number of nitrogens with zero attached hydrogens (tertiary/aromatic N) is 2. The smallest absolute Gasteiger partial charge is 0.144 e. The maximum atomic E-state index is 4.43. The first-order chi connectivity index (χ1) is 9.78. The average Bonchev–Trinajstić information content (AvgIpc) is 2.46. The van der Waals surface area contributed by atoms with Crippen LogP contribution in [-0.4, -0.2) is 16.5 Å². The Bertz CT molecular complexity index is 526. The molecule has 1 heterocycles. The first kappa shape index (κ1) is 14.9. The molecule has 0 aliphatic carbocycles. The monoisotopic (exact) mass is 287 g/mol. The standard InChI is InChI=1S/C16H21N3S/c1-3-7-17-16-10-18-15(9-19-16)12-20-11-14-6-4-5-13(2)8-14/h4-6,8-10H,3,7,11-12H2,1-2H3,(H,17,19). The van der Waals surface area contributed by atoms with Gasteiger partial charge in [0.1, 0.15) is 5.82 Å². The van der Waals surface area contributed by atoms with E-state index in [4.69, 9.17) is 0 Å². The summed E-state index contributed by atoms with van der Waals surface area (Å²) in [6.07, 6.45) is 4.77. The lowest BCUT2D eigenvalue weighted by Gasteiger charge is -2.05. The molecule has 0 aliphatic heterocycles. The third kappa shape index (κ3) is 4.85. The Hall–Kier alpha value is -1.55. The van der Waals surface area contributed by atoms with E-state index in [1.165, 1.54) is 11.1 Å². The SMILES string of the molecule is CCCNc1cnc(CSCc2cccc(C)c2)cn1. The van der Waals surface area contributed by atoms with E-state index >= 15 is 0 Å². The van der Waals surface area contributed by atoms with Crippen molar-refractivity contribution in [3.05, 3.63) is 53.5 Å². The summed E-state index contributed by atoms with van der Waals surface area (Å²) in [6, 6.07) is 8.64. The zero-order valence-corrected chi connectivity index (χ0v) is 12.9. The van der Waals surface area contributed by atoms with Gasteiger partial charge in [-0.25, -0.2) is 4.98 Å². The van der Waals surface area contributed by atoms with E-state index in [1.54, 1.807) is 0 Å². The van der Waals surface area contributed by atoms with Gasteiger partial charge >= 0.3 is 0 Å². The Morgan fingerprint density at radius 1 is 1.15 bits per heavy atom. The first-order valence-corrected chi connectivity index (χ1v) is 8.11. The number of hydrogen-bond acceptors (Lipinski definition) is 4. The van der Waals surface area contributed by atoms with E-state index in [0.717, 1.165) is 36.0 Å². The Balaban J connectivity index is 1.79. The fourth-order valence-corrected chi connectivity index (χ4v) is 2.72. The lowest BCUT2D eigenvalue weighted by atomic mass is 10.2. The van der Waals surface area contributed by atoms with Gasteiger partial charge in [-0.3, -0.25) is 4.98 Å². The van der Waals surface area contributed by atoms with Gasteiger partial charge in [0.25, 0.3) is 0 Å². The van der Waals surface area contributed by atoms with Crippen LogP contribution in [0.2, 0.25) is 0 Å². The summed E-state index contributed by atoms with van der Waals surface area (Å²) in [4.78, 5) is 8.80. The number of rotatable bonds is 7. The first-order valence-electron chi connectivity index (χ1n) is 6.96. The second-order valence-corrected chi connectivity index (χ2v) is 5.79. The highest BCUT2D eigenvalue weighted by Gasteiger charge is 1.99. The third-order valence-electron chi connectivity index (χ3n) is 2.86. The molecule has 20 heavy (non-hydrogen) atoms. The molecule has 106 valence electrons. The van der Waals surface area contributed by atoms with Crippen LogP contribution in [0.5, 0.6) is 0 Å².